The van der Waals surface area contributed by atoms with E-state index in [1.165, 1.54) is 0 Å². The Labute approximate surface area is 171 Å². The van der Waals surface area contributed by atoms with Crippen LogP contribution in [0.15, 0.2) is 0 Å². The number of hydrogen-bond acceptors (Lipinski definition) is 8. The Bertz CT molecular complexity index is 656. The molecule has 0 aliphatic rings. The molecule has 14 nitrogen and oxygen atoms in total. The van der Waals surface area contributed by atoms with Crippen LogP contribution in [-0.2, 0) is 28.8 Å². The SMILES string of the molecule is NCCCCC(NC(=O)CNC(=O)C(CC(=O)O)NC(=O)C(N)CC(N)=O)C(=O)O. The van der Waals surface area contributed by atoms with Gasteiger partial charge in [-0.25, -0.2) is 4.79 Å². The number of unbranched alkanes of at least 4 members (excludes halogenated alkanes) is 1. The van der Waals surface area contributed by atoms with Gasteiger partial charge in [0.1, 0.15) is 12.1 Å². The number of nitrogens with two attached hydrogens (primary N) is 3. The summed E-state index contributed by atoms with van der Waals surface area (Å²) < 4.78 is 0. The van der Waals surface area contributed by atoms with Gasteiger partial charge in [-0.05, 0) is 25.8 Å². The first-order chi connectivity index (χ1) is 14.0. The van der Waals surface area contributed by atoms with Crippen molar-refractivity contribution in [2.45, 2.75) is 50.2 Å². The standard InChI is InChI=1S/C16H28N6O8/c17-4-2-1-3-9(16(29)30)21-12(24)7-20-15(28)10(6-13(25)26)22-14(27)8(18)5-11(19)23/h8-10H,1-7,17-18H2,(H2,19,23)(H,20,28)(H,21,24)(H,22,27)(H,25,26)(H,29,30). The summed E-state index contributed by atoms with van der Waals surface area (Å²) in [6, 6.07) is -4.15. The summed E-state index contributed by atoms with van der Waals surface area (Å²) in [6.07, 6.45) is -0.152. The molecule has 0 aromatic heterocycles. The van der Waals surface area contributed by atoms with Gasteiger partial charge in [0.15, 0.2) is 0 Å². The van der Waals surface area contributed by atoms with E-state index in [4.69, 9.17) is 27.4 Å². The summed E-state index contributed by atoms with van der Waals surface area (Å²) in [5, 5.41) is 24.4. The Morgan fingerprint density at radius 3 is 2.00 bits per heavy atom. The fourth-order valence-corrected chi connectivity index (χ4v) is 2.26. The maximum atomic E-state index is 12.2. The lowest BCUT2D eigenvalue weighted by atomic mass is 10.1. The van der Waals surface area contributed by atoms with Crippen LogP contribution in [0.3, 0.4) is 0 Å². The first kappa shape index (κ1) is 26.7. The summed E-state index contributed by atoms with van der Waals surface area (Å²) in [5.41, 5.74) is 15.7. The van der Waals surface area contributed by atoms with E-state index in [1.54, 1.807) is 0 Å². The van der Waals surface area contributed by atoms with Crippen molar-refractivity contribution in [3.8, 4) is 0 Å². The summed E-state index contributed by atoms with van der Waals surface area (Å²) in [6.45, 7) is -0.283. The van der Waals surface area contributed by atoms with Crippen LogP contribution in [0.1, 0.15) is 32.1 Å². The largest absolute Gasteiger partial charge is 0.481 e. The smallest absolute Gasteiger partial charge is 0.326 e. The van der Waals surface area contributed by atoms with E-state index in [-0.39, 0.29) is 6.42 Å². The summed E-state index contributed by atoms with van der Waals surface area (Å²) in [4.78, 5) is 68.9. The van der Waals surface area contributed by atoms with Gasteiger partial charge in [-0.3, -0.25) is 24.0 Å². The van der Waals surface area contributed by atoms with E-state index >= 15 is 0 Å². The van der Waals surface area contributed by atoms with Crippen molar-refractivity contribution in [1.29, 1.82) is 0 Å². The van der Waals surface area contributed by atoms with E-state index in [1.807, 2.05) is 0 Å². The minimum Gasteiger partial charge on any atom is -0.481 e. The van der Waals surface area contributed by atoms with E-state index in [2.05, 4.69) is 16.0 Å². The summed E-state index contributed by atoms with van der Waals surface area (Å²) >= 11 is 0. The zero-order valence-electron chi connectivity index (χ0n) is 16.3. The molecule has 4 amide bonds. The van der Waals surface area contributed by atoms with Gasteiger partial charge in [0, 0.05) is 0 Å². The van der Waals surface area contributed by atoms with Gasteiger partial charge < -0.3 is 43.4 Å². The molecule has 3 unspecified atom stereocenters. The van der Waals surface area contributed by atoms with Crippen LogP contribution >= 0.6 is 0 Å². The van der Waals surface area contributed by atoms with Crippen molar-refractivity contribution < 1.29 is 39.0 Å². The summed E-state index contributed by atoms with van der Waals surface area (Å²) in [7, 11) is 0. The fraction of sp³-hybridized carbons (Fsp3) is 0.625. The second-order valence-electron chi connectivity index (χ2n) is 6.40. The molecule has 0 aliphatic carbocycles. The first-order valence-corrected chi connectivity index (χ1v) is 9.03. The van der Waals surface area contributed by atoms with Gasteiger partial charge >= 0.3 is 11.9 Å². The van der Waals surface area contributed by atoms with Crippen molar-refractivity contribution in [2.75, 3.05) is 13.1 Å². The van der Waals surface area contributed by atoms with Crippen LogP contribution < -0.4 is 33.2 Å². The Kier molecular flexibility index (Phi) is 12.3. The monoisotopic (exact) mass is 432 g/mol. The Balaban J connectivity index is 4.81. The van der Waals surface area contributed by atoms with Gasteiger partial charge in [-0.2, -0.15) is 0 Å². The van der Waals surface area contributed by atoms with Crippen LogP contribution in [0, 0.1) is 0 Å². The van der Waals surface area contributed by atoms with Crippen molar-refractivity contribution in [1.82, 2.24) is 16.0 Å². The molecule has 0 aliphatic heterocycles. The highest BCUT2D eigenvalue weighted by molar-refractivity contribution is 5.95. The molecule has 0 aromatic carbocycles. The number of carbonyl (C=O) groups excluding carboxylic acids is 4. The number of carboxylic acids is 2. The second kappa shape index (κ2) is 13.8. The Hall–Kier alpha value is -3.26. The predicted molar refractivity (Wildman–Crippen MR) is 101 cm³/mol. The third kappa shape index (κ3) is 11.6. The first-order valence-electron chi connectivity index (χ1n) is 9.03. The van der Waals surface area contributed by atoms with Gasteiger partial charge in [0.25, 0.3) is 0 Å². The minimum atomic E-state index is -1.58. The average Bonchev–Trinajstić information content (AvgIpc) is 2.63. The maximum absolute atomic E-state index is 12.2. The molecule has 11 N–H and O–H groups in total. The number of carboxylic acid groups (broad SMARTS) is 2. The van der Waals surface area contributed by atoms with Gasteiger partial charge in [-0.1, -0.05) is 0 Å². The van der Waals surface area contributed by atoms with Crippen LogP contribution in [0.5, 0.6) is 0 Å². The Morgan fingerprint density at radius 1 is 0.867 bits per heavy atom. The minimum absolute atomic E-state index is 0.141. The highest BCUT2D eigenvalue weighted by Crippen LogP contribution is 2.01. The zero-order chi connectivity index (χ0) is 23.3. The van der Waals surface area contributed by atoms with E-state index < -0.39 is 73.1 Å². The molecule has 170 valence electrons. The lowest BCUT2D eigenvalue weighted by Crippen LogP contribution is -2.54. The van der Waals surface area contributed by atoms with Crippen molar-refractivity contribution in [3.05, 3.63) is 0 Å². The molecule has 0 saturated heterocycles. The molecular weight excluding hydrogens is 404 g/mol. The topological polar surface area (TPSA) is 257 Å². The lowest BCUT2D eigenvalue weighted by molar-refractivity contribution is -0.142. The van der Waals surface area contributed by atoms with Gasteiger partial charge in [-0.15, -0.1) is 0 Å². The average molecular weight is 432 g/mol. The maximum Gasteiger partial charge on any atom is 0.326 e. The molecule has 0 heterocycles. The normalized spacial score (nSPS) is 13.4. The molecule has 0 bridgehead atoms. The van der Waals surface area contributed by atoms with E-state index in [0.29, 0.717) is 19.4 Å². The van der Waals surface area contributed by atoms with Crippen LogP contribution in [-0.4, -0.2) is 77.0 Å². The van der Waals surface area contributed by atoms with Crippen LogP contribution in [0.25, 0.3) is 0 Å². The third-order valence-electron chi connectivity index (χ3n) is 3.77. The van der Waals surface area contributed by atoms with Crippen LogP contribution in [0.2, 0.25) is 0 Å². The lowest BCUT2D eigenvalue weighted by Gasteiger charge is -2.19. The van der Waals surface area contributed by atoms with Gasteiger partial charge in [0.2, 0.25) is 23.6 Å². The number of hydrogen-bond donors (Lipinski definition) is 8. The highest BCUT2D eigenvalue weighted by atomic mass is 16.4. The number of rotatable bonds is 15. The van der Waals surface area contributed by atoms with Crippen LogP contribution in [0.4, 0.5) is 0 Å². The van der Waals surface area contributed by atoms with E-state index in [0.717, 1.165) is 0 Å². The molecule has 30 heavy (non-hydrogen) atoms. The molecule has 3 atom stereocenters. The molecule has 0 saturated carbocycles. The quantitative estimate of drug-likeness (QED) is 0.116. The highest BCUT2D eigenvalue weighted by Gasteiger charge is 2.27. The number of amides is 4. The molecule has 0 fully saturated rings. The molecule has 0 radical (unpaired) electrons. The third-order valence-corrected chi connectivity index (χ3v) is 3.77. The number of carbonyl (C=O) groups is 6. The van der Waals surface area contributed by atoms with E-state index in [9.17, 15) is 28.8 Å². The zero-order valence-corrected chi connectivity index (χ0v) is 16.3. The number of primary amides is 1. The summed E-state index contributed by atoms with van der Waals surface area (Å²) in [5.74, 6) is -6.37. The second-order valence-corrected chi connectivity index (χ2v) is 6.40. The van der Waals surface area contributed by atoms with Crippen molar-refractivity contribution in [3.63, 3.8) is 0 Å². The van der Waals surface area contributed by atoms with Crippen molar-refractivity contribution in [2.24, 2.45) is 17.2 Å². The molecule has 0 rings (SSSR count). The van der Waals surface area contributed by atoms with Gasteiger partial charge in [0.05, 0.1) is 25.4 Å². The number of nitrogens with one attached hydrogen (secondary N) is 3. The molecular formula is C16H28N6O8. The van der Waals surface area contributed by atoms with Crippen molar-refractivity contribution >= 4 is 35.6 Å². The molecule has 0 aromatic rings. The molecule has 14 heteroatoms. The molecule has 0 spiro atoms. The number of aliphatic carboxylic acids is 2. The fourth-order valence-electron chi connectivity index (χ4n) is 2.26. The Morgan fingerprint density at radius 2 is 1.50 bits per heavy atom. The predicted octanol–water partition coefficient (Wildman–Crippen LogP) is -4.04.